The minimum atomic E-state index is -4.05. The van der Waals surface area contributed by atoms with Gasteiger partial charge in [-0.2, -0.15) is 0 Å². The fourth-order valence-corrected chi connectivity index (χ4v) is 4.63. The molecule has 3 rings (SSSR count). The number of anilines is 1. The largest absolute Gasteiger partial charge is 0.496 e. The molecule has 1 amide bonds. The maximum atomic E-state index is 13.3. The fourth-order valence-electron chi connectivity index (χ4n) is 2.91. The zero-order valence-electron chi connectivity index (χ0n) is 16.6. The van der Waals surface area contributed by atoms with Crippen molar-refractivity contribution in [2.24, 2.45) is 0 Å². The van der Waals surface area contributed by atoms with Gasteiger partial charge in [0.1, 0.15) is 12.3 Å². The average Bonchev–Trinajstić information content (AvgIpc) is 2.76. The summed E-state index contributed by atoms with van der Waals surface area (Å²) in [6, 6.07) is 19.3. The summed E-state index contributed by atoms with van der Waals surface area (Å²) in [6.07, 6.45) is 0. The van der Waals surface area contributed by atoms with Crippen molar-refractivity contribution in [3.8, 4) is 5.75 Å². The zero-order valence-corrected chi connectivity index (χ0v) is 18.9. The lowest BCUT2D eigenvalue weighted by Gasteiger charge is -2.24. The molecule has 0 heterocycles. The third-order valence-electron chi connectivity index (χ3n) is 4.45. The lowest BCUT2D eigenvalue weighted by molar-refractivity contribution is -0.119. The molecule has 0 saturated heterocycles. The maximum absolute atomic E-state index is 13.3. The van der Waals surface area contributed by atoms with E-state index in [2.05, 4.69) is 5.32 Å². The molecule has 0 bridgehead atoms. The van der Waals surface area contributed by atoms with Gasteiger partial charge in [0, 0.05) is 22.2 Å². The fraction of sp³-hybridized carbons (Fsp3) is 0.136. The summed E-state index contributed by atoms with van der Waals surface area (Å²) in [6.45, 7) is -0.242. The number of rotatable bonds is 8. The van der Waals surface area contributed by atoms with Crippen LogP contribution >= 0.6 is 23.2 Å². The van der Waals surface area contributed by atoms with Crippen LogP contribution in [0, 0.1) is 0 Å². The van der Waals surface area contributed by atoms with Crippen LogP contribution in [0.15, 0.2) is 77.7 Å². The standard InChI is InChI=1S/C22H20Cl2N2O4S/c1-30-21-8-3-2-5-16(21)14-25-22(27)15-26(19-7-4-6-18(24)13-19)31(28,29)20-11-9-17(23)10-12-20/h2-13H,14-15H2,1H3,(H,25,27). The Labute approximate surface area is 191 Å². The molecule has 1 N–H and O–H groups in total. The van der Waals surface area contributed by atoms with E-state index in [4.69, 9.17) is 27.9 Å². The van der Waals surface area contributed by atoms with E-state index in [9.17, 15) is 13.2 Å². The molecule has 0 aliphatic rings. The Balaban J connectivity index is 1.86. The van der Waals surface area contributed by atoms with Gasteiger partial charge in [0.2, 0.25) is 5.91 Å². The Kier molecular flexibility index (Phi) is 7.43. The Morgan fingerprint density at radius 1 is 0.968 bits per heavy atom. The molecule has 0 unspecified atom stereocenters. The van der Waals surface area contributed by atoms with Crippen LogP contribution in [0.2, 0.25) is 10.0 Å². The highest BCUT2D eigenvalue weighted by Gasteiger charge is 2.27. The number of nitrogens with zero attached hydrogens (tertiary/aromatic N) is 1. The number of ether oxygens (including phenoxy) is 1. The number of carbonyl (C=O) groups excluding carboxylic acids is 1. The van der Waals surface area contributed by atoms with Crippen LogP contribution in [0.1, 0.15) is 5.56 Å². The molecule has 0 aliphatic carbocycles. The predicted octanol–water partition coefficient (Wildman–Crippen LogP) is 4.51. The Morgan fingerprint density at radius 2 is 1.68 bits per heavy atom. The van der Waals surface area contributed by atoms with Crippen molar-refractivity contribution in [3.63, 3.8) is 0 Å². The normalized spacial score (nSPS) is 11.1. The number of methoxy groups -OCH3 is 1. The quantitative estimate of drug-likeness (QED) is 0.516. The predicted molar refractivity (Wildman–Crippen MR) is 122 cm³/mol. The van der Waals surface area contributed by atoms with Crippen LogP contribution < -0.4 is 14.4 Å². The van der Waals surface area contributed by atoms with E-state index >= 15 is 0 Å². The molecule has 9 heteroatoms. The molecule has 0 aliphatic heterocycles. The number of benzene rings is 3. The number of amides is 1. The van der Waals surface area contributed by atoms with Crippen molar-refractivity contribution in [2.45, 2.75) is 11.4 Å². The zero-order chi connectivity index (χ0) is 22.4. The van der Waals surface area contributed by atoms with E-state index < -0.39 is 22.5 Å². The summed E-state index contributed by atoms with van der Waals surface area (Å²) in [5.41, 5.74) is 1.04. The second-order valence-corrected chi connectivity index (χ2v) is 9.27. The van der Waals surface area contributed by atoms with E-state index in [1.165, 1.54) is 30.3 Å². The number of sulfonamides is 1. The number of hydrogen-bond donors (Lipinski definition) is 1. The highest BCUT2D eigenvalue weighted by molar-refractivity contribution is 7.92. The molecule has 0 fully saturated rings. The second kappa shape index (κ2) is 10.0. The summed E-state index contributed by atoms with van der Waals surface area (Å²) in [5.74, 6) is 0.145. The number of carbonyl (C=O) groups is 1. The third-order valence-corrected chi connectivity index (χ3v) is 6.73. The minimum absolute atomic E-state index is 0.00871. The first-order valence-electron chi connectivity index (χ1n) is 9.24. The van der Waals surface area contributed by atoms with E-state index in [0.717, 1.165) is 9.87 Å². The molecule has 0 radical (unpaired) electrons. The highest BCUT2D eigenvalue weighted by Crippen LogP contribution is 2.27. The van der Waals surface area contributed by atoms with Crippen molar-refractivity contribution in [2.75, 3.05) is 18.0 Å². The number of nitrogens with one attached hydrogen (secondary N) is 1. The SMILES string of the molecule is COc1ccccc1CNC(=O)CN(c1cccc(Cl)c1)S(=O)(=O)c1ccc(Cl)cc1. The van der Waals surface area contributed by atoms with Crippen molar-refractivity contribution < 1.29 is 17.9 Å². The van der Waals surface area contributed by atoms with Crippen molar-refractivity contribution >= 4 is 44.8 Å². The van der Waals surface area contributed by atoms with E-state index in [1.807, 2.05) is 18.2 Å². The summed E-state index contributed by atoms with van der Waals surface area (Å²) < 4.78 is 32.9. The van der Waals surface area contributed by atoms with Crippen LogP contribution in [-0.4, -0.2) is 28.0 Å². The molecule has 0 spiro atoms. The molecule has 3 aromatic carbocycles. The minimum Gasteiger partial charge on any atom is -0.496 e. The van der Waals surface area contributed by atoms with Gasteiger partial charge in [0.05, 0.1) is 17.7 Å². The molecular formula is C22H20Cl2N2O4S. The van der Waals surface area contributed by atoms with Gasteiger partial charge >= 0.3 is 0 Å². The van der Waals surface area contributed by atoms with Crippen LogP contribution in [-0.2, 0) is 21.4 Å². The summed E-state index contributed by atoms with van der Waals surface area (Å²) >= 11 is 12.0. The first kappa shape index (κ1) is 22.9. The van der Waals surface area contributed by atoms with Crippen molar-refractivity contribution in [1.29, 1.82) is 0 Å². The van der Waals surface area contributed by atoms with Gasteiger partial charge < -0.3 is 10.1 Å². The van der Waals surface area contributed by atoms with E-state index in [-0.39, 0.29) is 17.1 Å². The van der Waals surface area contributed by atoms with Crippen LogP contribution in [0.4, 0.5) is 5.69 Å². The summed E-state index contributed by atoms with van der Waals surface area (Å²) in [7, 11) is -2.51. The first-order valence-corrected chi connectivity index (χ1v) is 11.4. The monoisotopic (exact) mass is 478 g/mol. The van der Waals surface area contributed by atoms with Gasteiger partial charge in [0.15, 0.2) is 0 Å². The molecule has 31 heavy (non-hydrogen) atoms. The topological polar surface area (TPSA) is 75.7 Å². The molecule has 0 saturated carbocycles. The Hall–Kier alpha value is -2.74. The lowest BCUT2D eigenvalue weighted by atomic mass is 10.2. The van der Waals surface area contributed by atoms with Gasteiger partial charge in [-0.1, -0.05) is 47.5 Å². The van der Waals surface area contributed by atoms with Gasteiger partial charge in [0.25, 0.3) is 10.0 Å². The van der Waals surface area contributed by atoms with Crippen molar-refractivity contribution in [1.82, 2.24) is 5.32 Å². The van der Waals surface area contributed by atoms with E-state index in [0.29, 0.717) is 15.8 Å². The summed E-state index contributed by atoms with van der Waals surface area (Å²) in [5, 5.41) is 3.50. The van der Waals surface area contributed by atoms with Crippen molar-refractivity contribution in [3.05, 3.63) is 88.4 Å². The molecule has 0 atom stereocenters. The molecular weight excluding hydrogens is 459 g/mol. The molecule has 162 valence electrons. The molecule has 0 aromatic heterocycles. The molecule has 6 nitrogen and oxygen atoms in total. The number of para-hydroxylation sites is 1. The first-order chi connectivity index (χ1) is 14.8. The Morgan fingerprint density at radius 3 is 2.35 bits per heavy atom. The van der Waals surface area contributed by atoms with Crippen LogP contribution in [0.5, 0.6) is 5.75 Å². The second-order valence-electron chi connectivity index (χ2n) is 6.53. The van der Waals surface area contributed by atoms with Gasteiger partial charge in [-0.15, -0.1) is 0 Å². The van der Waals surface area contributed by atoms with Crippen LogP contribution in [0.25, 0.3) is 0 Å². The maximum Gasteiger partial charge on any atom is 0.264 e. The summed E-state index contributed by atoms with van der Waals surface area (Å²) in [4.78, 5) is 12.7. The van der Waals surface area contributed by atoms with Gasteiger partial charge in [-0.3, -0.25) is 9.10 Å². The number of halogens is 2. The van der Waals surface area contributed by atoms with E-state index in [1.54, 1.807) is 31.4 Å². The van der Waals surface area contributed by atoms with Crippen LogP contribution in [0.3, 0.4) is 0 Å². The van der Waals surface area contributed by atoms with Gasteiger partial charge in [-0.25, -0.2) is 8.42 Å². The lowest BCUT2D eigenvalue weighted by Crippen LogP contribution is -2.40. The molecule has 3 aromatic rings. The number of hydrogen-bond acceptors (Lipinski definition) is 4. The highest BCUT2D eigenvalue weighted by atomic mass is 35.5. The smallest absolute Gasteiger partial charge is 0.264 e. The Bertz CT molecular complexity index is 1170. The van der Waals surface area contributed by atoms with Gasteiger partial charge in [-0.05, 0) is 48.5 Å². The third kappa shape index (κ3) is 5.70. The average molecular weight is 479 g/mol.